The summed E-state index contributed by atoms with van der Waals surface area (Å²) >= 11 is 0. The minimum atomic E-state index is -4.89. The first-order valence-corrected chi connectivity index (χ1v) is 8.34. The summed E-state index contributed by atoms with van der Waals surface area (Å²) in [7, 11) is 1.49. The van der Waals surface area contributed by atoms with Gasteiger partial charge in [-0.3, -0.25) is 14.9 Å². The third kappa shape index (κ3) is 6.36. The lowest BCUT2D eigenvalue weighted by molar-refractivity contribution is -0.384. The molecule has 30 heavy (non-hydrogen) atoms. The number of alkyl halides is 3. The van der Waals surface area contributed by atoms with Crippen LogP contribution in [0.1, 0.15) is 15.9 Å². The number of carbonyl (C=O) groups excluding carboxylic acids is 2. The summed E-state index contributed by atoms with van der Waals surface area (Å²) in [5, 5.41) is 15.8. The number of rotatable bonds is 8. The third-order valence-corrected chi connectivity index (χ3v) is 3.71. The van der Waals surface area contributed by atoms with Gasteiger partial charge in [0, 0.05) is 37.0 Å². The van der Waals surface area contributed by atoms with Crippen LogP contribution in [0.2, 0.25) is 0 Å². The summed E-state index contributed by atoms with van der Waals surface area (Å²) < 4.78 is 46.0. The Balaban J connectivity index is 1.97. The van der Waals surface area contributed by atoms with Crippen molar-refractivity contribution in [2.24, 2.45) is 0 Å². The minimum Gasteiger partial charge on any atom is -0.452 e. The number of ether oxygens (including phenoxy) is 2. The molecule has 9 nitrogen and oxygen atoms in total. The van der Waals surface area contributed by atoms with Gasteiger partial charge < -0.3 is 20.1 Å². The number of non-ortho nitro benzene ring substituents is 1. The number of benzene rings is 2. The Morgan fingerprint density at radius 1 is 1.17 bits per heavy atom. The molecule has 0 aromatic heterocycles. The minimum absolute atomic E-state index is 0.0608. The van der Waals surface area contributed by atoms with Gasteiger partial charge in [0.15, 0.2) is 6.61 Å². The van der Waals surface area contributed by atoms with Gasteiger partial charge in [-0.25, -0.2) is 4.79 Å². The molecule has 0 aliphatic heterocycles. The molecule has 0 saturated carbocycles. The van der Waals surface area contributed by atoms with Crippen LogP contribution in [-0.2, 0) is 16.1 Å². The molecule has 0 aliphatic carbocycles. The van der Waals surface area contributed by atoms with E-state index in [4.69, 9.17) is 4.74 Å². The van der Waals surface area contributed by atoms with Crippen LogP contribution in [0, 0.1) is 10.1 Å². The van der Waals surface area contributed by atoms with Crippen molar-refractivity contribution in [1.82, 2.24) is 5.32 Å². The quantitative estimate of drug-likeness (QED) is 0.378. The molecule has 1 amide bonds. The van der Waals surface area contributed by atoms with Crippen molar-refractivity contribution in [3.05, 3.63) is 63.7 Å². The zero-order valence-corrected chi connectivity index (χ0v) is 15.5. The molecule has 0 heterocycles. The largest absolute Gasteiger partial charge is 0.573 e. The van der Waals surface area contributed by atoms with Crippen molar-refractivity contribution in [3.8, 4) is 5.75 Å². The molecule has 2 N–H and O–H groups in total. The molecule has 2 aromatic carbocycles. The summed E-state index contributed by atoms with van der Waals surface area (Å²) in [6, 6.07) is 8.73. The number of halogens is 3. The summed E-state index contributed by atoms with van der Waals surface area (Å²) in [5.74, 6) is -2.25. The van der Waals surface area contributed by atoms with Crippen LogP contribution >= 0.6 is 0 Å². The van der Waals surface area contributed by atoms with E-state index in [1.165, 1.54) is 37.4 Å². The molecule has 0 atom stereocenters. The Morgan fingerprint density at radius 3 is 2.50 bits per heavy atom. The average Bonchev–Trinajstić information content (AvgIpc) is 2.69. The van der Waals surface area contributed by atoms with Gasteiger partial charge in [-0.1, -0.05) is 18.2 Å². The molecule has 0 unspecified atom stereocenters. The highest BCUT2D eigenvalue weighted by Crippen LogP contribution is 2.26. The molecule has 0 saturated heterocycles. The second-order valence-corrected chi connectivity index (χ2v) is 5.75. The Morgan fingerprint density at radius 2 is 1.87 bits per heavy atom. The molecule has 0 radical (unpaired) electrons. The van der Waals surface area contributed by atoms with Crippen LogP contribution in [0.4, 0.5) is 24.5 Å². The van der Waals surface area contributed by atoms with Crippen LogP contribution in [0.15, 0.2) is 42.5 Å². The van der Waals surface area contributed by atoms with E-state index in [-0.39, 0.29) is 29.0 Å². The van der Waals surface area contributed by atoms with Crippen molar-refractivity contribution in [1.29, 1.82) is 0 Å². The lowest BCUT2D eigenvalue weighted by Crippen LogP contribution is -2.29. The molecule has 12 heteroatoms. The number of amides is 1. The zero-order chi connectivity index (χ0) is 22.3. The molecular formula is C18H16F3N3O6. The molecule has 160 valence electrons. The van der Waals surface area contributed by atoms with Crippen molar-refractivity contribution in [2.45, 2.75) is 12.9 Å². The summed E-state index contributed by atoms with van der Waals surface area (Å²) in [6.45, 7) is -1.05. The second kappa shape index (κ2) is 9.58. The number of hydrogen-bond donors (Lipinski definition) is 2. The Hall–Kier alpha value is -3.83. The van der Waals surface area contributed by atoms with Crippen molar-refractivity contribution in [2.75, 3.05) is 19.0 Å². The highest BCUT2D eigenvalue weighted by Gasteiger charge is 2.32. The fourth-order valence-electron chi connectivity index (χ4n) is 2.36. The van der Waals surface area contributed by atoms with E-state index < -0.39 is 35.5 Å². The number of nitrogens with one attached hydrogen (secondary N) is 2. The van der Waals surface area contributed by atoms with Gasteiger partial charge in [0.05, 0.1) is 10.5 Å². The summed E-state index contributed by atoms with van der Waals surface area (Å²) in [4.78, 5) is 34.3. The first-order chi connectivity index (χ1) is 14.1. The van der Waals surface area contributed by atoms with Gasteiger partial charge in [-0.15, -0.1) is 13.2 Å². The predicted molar refractivity (Wildman–Crippen MR) is 97.9 cm³/mol. The van der Waals surface area contributed by atoms with E-state index in [9.17, 15) is 32.9 Å². The van der Waals surface area contributed by atoms with Gasteiger partial charge in [0.25, 0.3) is 11.6 Å². The van der Waals surface area contributed by atoms with Crippen LogP contribution in [-0.4, -0.2) is 36.8 Å². The number of para-hydroxylation sites is 1. The Labute approximate surface area is 167 Å². The summed E-state index contributed by atoms with van der Waals surface area (Å²) in [5.41, 5.74) is -0.176. The zero-order valence-electron chi connectivity index (χ0n) is 15.5. The number of esters is 1. The first kappa shape index (κ1) is 22.5. The van der Waals surface area contributed by atoms with Crippen molar-refractivity contribution < 1.29 is 37.2 Å². The molecular weight excluding hydrogens is 411 g/mol. The first-order valence-electron chi connectivity index (χ1n) is 8.34. The molecule has 2 rings (SSSR count). The molecule has 0 bridgehead atoms. The Bertz CT molecular complexity index is 949. The van der Waals surface area contributed by atoms with E-state index in [0.29, 0.717) is 0 Å². The smallest absolute Gasteiger partial charge is 0.452 e. The second-order valence-electron chi connectivity index (χ2n) is 5.75. The monoisotopic (exact) mass is 427 g/mol. The van der Waals surface area contributed by atoms with Crippen LogP contribution in [0.5, 0.6) is 5.75 Å². The lowest BCUT2D eigenvalue weighted by Gasteiger charge is -2.14. The maximum absolute atomic E-state index is 12.4. The molecule has 0 fully saturated rings. The van der Waals surface area contributed by atoms with Gasteiger partial charge in [-0.05, 0) is 12.1 Å². The standard InChI is InChI=1S/C18H16F3N3O6/c1-22-14-7-6-12(24(27)28)8-13(14)17(26)29-10-16(25)23-9-11-4-2-3-5-15(11)30-18(19,20)21/h2-8,22H,9-10H2,1H3,(H,23,25). The van der Waals surface area contributed by atoms with Gasteiger partial charge in [-0.2, -0.15) is 0 Å². The number of hydrogen-bond acceptors (Lipinski definition) is 7. The molecule has 0 aliphatic rings. The van der Waals surface area contributed by atoms with Gasteiger partial charge in [0.1, 0.15) is 5.75 Å². The number of carbonyl (C=O) groups is 2. The number of anilines is 1. The Kier molecular flexibility index (Phi) is 7.17. The molecule has 2 aromatic rings. The fraction of sp³-hybridized carbons (Fsp3) is 0.222. The van der Waals surface area contributed by atoms with E-state index in [1.807, 2.05) is 0 Å². The molecule has 0 spiro atoms. The SMILES string of the molecule is CNc1ccc([N+](=O)[O-])cc1C(=O)OCC(=O)NCc1ccccc1OC(F)(F)F. The van der Waals surface area contributed by atoms with Gasteiger partial charge in [0.2, 0.25) is 0 Å². The highest BCUT2D eigenvalue weighted by molar-refractivity contribution is 5.97. The maximum atomic E-state index is 12.4. The number of nitro groups is 1. The van der Waals surface area contributed by atoms with Gasteiger partial charge >= 0.3 is 12.3 Å². The summed E-state index contributed by atoms with van der Waals surface area (Å²) in [6.07, 6.45) is -4.89. The fourth-order valence-corrected chi connectivity index (χ4v) is 2.36. The van der Waals surface area contributed by atoms with Crippen LogP contribution in [0.3, 0.4) is 0 Å². The van der Waals surface area contributed by atoms with E-state index >= 15 is 0 Å². The van der Waals surface area contributed by atoms with Crippen LogP contribution in [0.25, 0.3) is 0 Å². The number of nitrogens with zero attached hydrogens (tertiary/aromatic N) is 1. The predicted octanol–water partition coefficient (Wildman–Crippen LogP) is 3.01. The normalized spacial score (nSPS) is 10.8. The van der Waals surface area contributed by atoms with E-state index in [2.05, 4.69) is 15.4 Å². The number of nitro benzene ring substituents is 1. The van der Waals surface area contributed by atoms with Crippen LogP contribution < -0.4 is 15.4 Å². The third-order valence-electron chi connectivity index (χ3n) is 3.71. The van der Waals surface area contributed by atoms with Crippen molar-refractivity contribution in [3.63, 3.8) is 0 Å². The van der Waals surface area contributed by atoms with E-state index in [1.54, 1.807) is 0 Å². The highest BCUT2D eigenvalue weighted by atomic mass is 19.4. The van der Waals surface area contributed by atoms with Crippen molar-refractivity contribution >= 4 is 23.3 Å². The maximum Gasteiger partial charge on any atom is 0.573 e. The van der Waals surface area contributed by atoms with E-state index in [0.717, 1.165) is 12.1 Å². The lowest BCUT2D eigenvalue weighted by atomic mass is 10.1. The average molecular weight is 427 g/mol. The topological polar surface area (TPSA) is 120 Å².